The minimum absolute atomic E-state index is 0. The van der Waals surface area contributed by atoms with Gasteiger partial charge in [-0.2, -0.15) is 5.26 Å². The second-order valence-electron chi connectivity index (χ2n) is 3.79. The summed E-state index contributed by atoms with van der Waals surface area (Å²) >= 11 is 0. The summed E-state index contributed by atoms with van der Waals surface area (Å²) in [4.78, 5) is 0. The average molecular weight is 239 g/mol. The van der Waals surface area contributed by atoms with Crippen molar-refractivity contribution in [2.24, 2.45) is 0 Å². The highest BCUT2D eigenvalue weighted by molar-refractivity contribution is 5.85. The Morgan fingerprint density at radius 1 is 1.31 bits per heavy atom. The standard InChI is InChI=1S/C13H18N2.ClH/c1-12(15-11-5-10-14)8-9-13-6-3-2-4-7-13;/h2-4,6-7,12,15H,5,8-9,11H2,1H3;1H. The molecule has 0 aliphatic heterocycles. The monoisotopic (exact) mass is 238 g/mol. The summed E-state index contributed by atoms with van der Waals surface area (Å²) in [6.45, 7) is 2.97. The molecule has 1 N–H and O–H groups in total. The lowest BCUT2D eigenvalue weighted by Gasteiger charge is -2.12. The maximum atomic E-state index is 8.40. The van der Waals surface area contributed by atoms with E-state index in [9.17, 15) is 0 Å². The van der Waals surface area contributed by atoms with Crippen LogP contribution in [0.5, 0.6) is 0 Å². The first-order valence-corrected chi connectivity index (χ1v) is 5.47. The third kappa shape index (κ3) is 6.44. The second-order valence-corrected chi connectivity index (χ2v) is 3.79. The van der Waals surface area contributed by atoms with Gasteiger partial charge in [0.15, 0.2) is 0 Å². The lowest BCUT2D eigenvalue weighted by atomic mass is 10.1. The minimum Gasteiger partial charge on any atom is -0.313 e. The molecule has 1 aromatic carbocycles. The summed E-state index contributed by atoms with van der Waals surface area (Å²) in [5, 5.41) is 11.7. The van der Waals surface area contributed by atoms with E-state index in [4.69, 9.17) is 5.26 Å². The normalized spacial score (nSPS) is 11.2. The molecule has 0 spiro atoms. The first kappa shape index (κ1) is 15.0. The number of hydrogen-bond donors (Lipinski definition) is 1. The van der Waals surface area contributed by atoms with E-state index in [2.05, 4.69) is 42.6 Å². The van der Waals surface area contributed by atoms with E-state index >= 15 is 0 Å². The SMILES string of the molecule is CC(CCc1ccccc1)NCCC#N.Cl. The molecular weight excluding hydrogens is 220 g/mol. The molecule has 3 heteroatoms. The maximum absolute atomic E-state index is 8.40. The molecule has 0 fully saturated rings. The smallest absolute Gasteiger partial charge is 0.0635 e. The molecule has 1 aromatic rings. The van der Waals surface area contributed by atoms with Crippen molar-refractivity contribution in [1.29, 1.82) is 5.26 Å². The van der Waals surface area contributed by atoms with Crippen LogP contribution in [0.2, 0.25) is 0 Å². The van der Waals surface area contributed by atoms with E-state index in [-0.39, 0.29) is 12.4 Å². The van der Waals surface area contributed by atoms with Gasteiger partial charge in [-0.25, -0.2) is 0 Å². The predicted octanol–water partition coefficient (Wildman–Crippen LogP) is 2.93. The number of halogens is 1. The van der Waals surface area contributed by atoms with E-state index in [1.165, 1.54) is 5.56 Å². The maximum Gasteiger partial charge on any atom is 0.0635 e. The van der Waals surface area contributed by atoms with Crippen molar-refractivity contribution in [3.8, 4) is 6.07 Å². The summed E-state index contributed by atoms with van der Waals surface area (Å²) in [6, 6.07) is 13.1. The molecule has 0 heterocycles. The van der Waals surface area contributed by atoms with Gasteiger partial charge in [0.25, 0.3) is 0 Å². The summed E-state index contributed by atoms with van der Waals surface area (Å²) in [7, 11) is 0. The van der Waals surface area contributed by atoms with Crippen molar-refractivity contribution in [3.63, 3.8) is 0 Å². The van der Waals surface area contributed by atoms with Crippen molar-refractivity contribution < 1.29 is 0 Å². The quantitative estimate of drug-likeness (QED) is 0.774. The Bertz CT molecular complexity index is 305. The van der Waals surface area contributed by atoms with Gasteiger partial charge in [-0.15, -0.1) is 12.4 Å². The second kappa shape index (κ2) is 9.21. The zero-order chi connectivity index (χ0) is 10.9. The number of nitrogens with zero attached hydrogens (tertiary/aromatic N) is 1. The first-order valence-electron chi connectivity index (χ1n) is 5.47. The van der Waals surface area contributed by atoms with E-state index in [1.54, 1.807) is 0 Å². The van der Waals surface area contributed by atoms with Gasteiger partial charge in [0, 0.05) is 19.0 Å². The summed E-state index contributed by atoms with van der Waals surface area (Å²) < 4.78 is 0. The predicted molar refractivity (Wildman–Crippen MR) is 69.7 cm³/mol. The Labute approximate surface area is 104 Å². The van der Waals surface area contributed by atoms with Crippen LogP contribution in [-0.2, 0) is 6.42 Å². The highest BCUT2D eigenvalue weighted by atomic mass is 35.5. The average Bonchev–Trinajstić information content (AvgIpc) is 2.28. The Balaban J connectivity index is 0.00000225. The van der Waals surface area contributed by atoms with Gasteiger partial charge in [-0.05, 0) is 25.3 Å². The molecule has 88 valence electrons. The Morgan fingerprint density at radius 3 is 2.62 bits per heavy atom. The highest BCUT2D eigenvalue weighted by Gasteiger charge is 2.00. The lowest BCUT2D eigenvalue weighted by molar-refractivity contribution is 0.521. The Hall–Kier alpha value is -1.04. The van der Waals surface area contributed by atoms with Crippen LogP contribution in [0.15, 0.2) is 30.3 Å². The van der Waals surface area contributed by atoms with Crippen LogP contribution in [0.1, 0.15) is 25.3 Å². The number of rotatable bonds is 6. The van der Waals surface area contributed by atoms with Crippen LogP contribution in [-0.4, -0.2) is 12.6 Å². The summed E-state index contributed by atoms with van der Waals surface area (Å²) in [6.07, 6.45) is 2.81. The van der Waals surface area contributed by atoms with Crippen LogP contribution < -0.4 is 5.32 Å². The molecule has 0 bridgehead atoms. The van der Waals surface area contributed by atoms with Crippen molar-refractivity contribution in [2.75, 3.05) is 6.54 Å². The molecule has 0 aliphatic rings. The number of hydrogen-bond acceptors (Lipinski definition) is 2. The molecule has 0 radical (unpaired) electrons. The van der Waals surface area contributed by atoms with Crippen molar-refractivity contribution in [2.45, 2.75) is 32.2 Å². The molecule has 0 saturated heterocycles. The fourth-order valence-corrected chi connectivity index (χ4v) is 1.50. The molecule has 0 aliphatic carbocycles. The number of nitriles is 1. The van der Waals surface area contributed by atoms with Gasteiger partial charge in [-0.3, -0.25) is 0 Å². The third-order valence-electron chi connectivity index (χ3n) is 2.44. The third-order valence-corrected chi connectivity index (χ3v) is 2.44. The minimum atomic E-state index is 0. The van der Waals surface area contributed by atoms with Gasteiger partial charge in [0.05, 0.1) is 6.07 Å². The van der Waals surface area contributed by atoms with Gasteiger partial charge in [-0.1, -0.05) is 30.3 Å². The highest BCUT2D eigenvalue weighted by Crippen LogP contribution is 2.04. The Morgan fingerprint density at radius 2 is 2.00 bits per heavy atom. The molecule has 1 atom stereocenters. The summed E-state index contributed by atoms with van der Waals surface area (Å²) in [5.41, 5.74) is 1.38. The fourth-order valence-electron chi connectivity index (χ4n) is 1.50. The van der Waals surface area contributed by atoms with Crippen LogP contribution in [0, 0.1) is 11.3 Å². The molecule has 0 aromatic heterocycles. The number of aryl methyl sites for hydroxylation is 1. The zero-order valence-electron chi connectivity index (χ0n) is 9.65. The van der Waals surface area contributed by atoms with Crippen molar-refractivity contribution in [1.82, 2.24) is 5.32 Å². The van der Waals surface area contributed by atoms with E-state index in [1.807, 2.05) is 6.07 Å². The van der Waals surface area contributed by atoms with Crippen LogP contribution >= 0.6 is 12.4 Å². The molecule has 0 saturated carbocycles. The lowest BCUT2D eigenvalue weighted by Crippen LogP contribution is -2.27. The zero-order valence-corrected chi connectivity index (χ0v) is 10.5. The van der Waals surface area contributed by atoms with Crippen LogP contribution in [0.4, 0.5) is 0 Å². The van der Waals surface area contributed by atoms with Crippen LogP contribution in [0.3, 0.4) is 0 Å². The topological polar surface area (TPSA) is 35.8 Å². The number of benzene rings is 1. The molecule has 2 nitrogen and oxygen atoms in total. The van der Waals surface area contributed by atoms with E-state index < -0.39 is 0 Å². The van der Waals surface area contributed by atoms with E-state index in [0.717, 1.165) is 19.4 Å². The Kier molecular flexibility index (Phi) is 8.61. The molecular formula is C13H19ClN2. The molecule has 16 heavy (non-hydrogen) atoms. The summed E-state index contributed by atoms with van der Waals surface area (Å²) in [5.74, 6) is 0. The molecule has 1 unspecified atom stereocenters. The van der Waals surface area contributed by atoms with Crippen molar-refractivity contribution in [3.05, 3.63) is 35.9 Å². The van der Waals surface area contributed by atoms with Gasteiger partial charge in [0.2, 0.25) is 0 Å². The first-order chi connectivity index (χ1) is 7.33. The molecule has 0 amide bonds. The largest absolute Gasteiger partial charge is 0.313 e. The number of nitrogens with one attached hydrogen (secondary N) is 1. The van der Waals surface area contributed by atoms with Gasteiger partial charge < -0.3 is 5.32 Å². The van der Waals surface area contributed by atoms with Crippen LogP contribution in [0.25, 0.3) is 0 Å². The fraction of sp³-hybridized carbons (Fsp3) is 0.462. The molecule has 1 rings (SSSR count). The van der Waals surface area contributed by atoms with Gasteiger partial charge >= 0.3 is 0 Å². The van der Waals surface area contributed by atoms with Crippen molar-refractivity contribution >= 4 is 12.4 Å². The van der Waals surface area contributed by atoms with Gasteiger partial charge in [0.1, 0.15) is 0 Å². The van der Waals surface area contributed by atoms with E-state index in [0.29, 0.717) is 12.5 Å².